The molecule has 3 aromatic rings. The van der Waals surface area contributed by atoms with E-state index in [2.05, 4.69) is 48.5 Å². The van der Waals surface area contributed by atoms with E-state index in [4.69, 9.17) is 9.47 Å². The Morgan fingerprint density at radius 1 is 1.07 bits per heavy atom. The van der Waals surface area contributed by atoms with Crippen molar-refractivity contribution in [3.8, 4) is 11.5 Å². The molecule has 0 spiro atoms. The summed E-state index contributed by atoms with van der Waals surface area (Å²) in [5.74, 6) is 1.44. The van der Waals surface area contributed by atoms with Crippen LogP contribution in [0, 0.1) is 0 Å². The lowest BCUT2D eigenvalue weighted by molar-refractivity contribution is -0.110. The summed E-state index contributed by atoms with van der Waals surface area (Å²) in [6.45, 7) is 6.80. The van der Waals surface area contributed by atoms with Gasteiger partial charge in [0, 0.05) is 17.1 Å². The van der Waals surface area contributed by atoms with Gasteiger partial charge >= 0.3 is 0 Å². The molecule has 0 saturated carbocycles. The number of hydrogen-bond acceptors (Lipinski definition) is 3. The minimum Gasteiger partial charge on any atom is -0.493 e. The van der Waals surface area contributed by atoms with Crippen molar-refractivity contribution in [1.82, 2.24) is 10.3 Å². The Morgan fingerprint density at radius 2 is 1.90 bits per heavy atom. The quantitative estimate of drug-likeness (QED) is 0.433. The lowest BCUT2D eigenvalue weighted by atomic mass is 9.93. The molecule has 5 heteroatoms. The van der Waals surface area contributed by atoms with Gasteiger partial charge in [-0.15, -0.1) is 0 Å². The predicted molar refractivity (Wildman–Crippen MR) is 121 cm³/mol. The Kier molecular flexibility index (Phi) is 7.39. The van der Waals surface area contributed by atoms with Gasteiger partial charge in [0.2, 0.25) is 6.41 Å². The summed E-state index contributed by atoms with van der Waals surface area (Å²) in [7, 11) is 1.65. The van der Waals surface area contributed by atoms with E-state index in [-0.39, 0.29) is 6.04 Å². The lowest BCUT2D eigenvalue weighted by Gasteiger charge is -2.22. The van der Waals surface area contributed by atoms with E-state index in [1.807, 2.05) is 19.1 Å². The fraction of sp³-hybridized carbons (Fsp3) is 0.400. The van der Waals surface area contributed by atoms with Crippen molar-refractivity contribution in [2.45, 2.75) is 52.5 Å². The van der Waals surface area contributed by atoms with Gasteiger partial charge in [0.25, 0.3) is 0 Å². The number of carbonyl (C=O) groups excluding carboxylic acids is 1. The van der Waals surface area contributed by atoms with Crippen LogP contribution in [0.25, 0.3) is 10.9 Å². The number of nitrogens with one attached hydrogen (secondary N) is 2. The number of amides is 1. The van der Waals surface area contributed by atoms with Crippen molar-refractivity contribution >= 4 is 17.3 Å². The van der Waals surface area contributed by atoms with Crippen molar-refractivity contribution in [2.75, 3.05) is 13.7 Å². The maximum atomic E-state index is 11.4. The molecule has 0 radical (unpaired) electrons. The third-order valence-electron chi connectivity index (χ3n) is 5.69. The highest BCUT2D eigenvalue weighted by atomic mass is 16.5. The van der Waals surface area contributed by atoms with E-state index in [1.54, 1.807) is 7.11 Å². The first kappa shape index (κ1) is 21.8. The minimum absolute atomic E-state index is 0.0955. The number of rotatable bonds is 11. The smallest absolute Gasteiger partial charge is 0.207 e. The molecular formula is C25H32N2O3. The molecule has 0 saturated heterocycles. The van der Waals surface area contributed by atoms with E-state index in [0.717, 1.165) is 54.5 Å². The molecule has 0 aliphatic carbocycles. The molecule has 1 heterocycles. The van der Waals surface area contributed by atoms with Crippen molar-refractivity contribution < 1.29 is 14.3 Å². The van der Waals surface area contributed by atoms with E-state index in [0.29, 0.717) is 12.4 Å². The number of ether oxygens (including phenoxy) is 2. The molecule has 2 N–H and O–H groups in total. The molecule has 1 unspecified atom stereocenters. The average Bonchev–Trinajstić information content (AvgIpc) is 3.18. The second kappa shape index (κ2) is 10.2. The van der Waals surface area contributed by atoms with Crippen molar-refractivity contribution in [3.63, 3.8) is 0 Å². The number of aryl methyl sites for hydroxylation is 3. The Hall–Kier alpha value is -2.95. The summed E-state index contributed by atoms with van der Waals surface area (Å²) in [4.78, 5) is 14.8. The topological polar surface area (TPSA) is 63.3 Å². The van der Waals surface area contributed by atoms with E-state index in [9.17, 15) is 4.79 Å². The molecule has 0 aliphatic rings. The van der Waals surface area contributed by atoms with Crippen LogP contribution in [0.3, 0.4) is 0 Å². The number of aromatic amines is 1. The molecule has 0 aliphatic heterocycles. The average molecular weight is 409 g/mol. The molecule has 1 aromatic heterocycles. The van der Waals surface area contributed by atoms with Gasteiger partial charge in [-0.3, -0.25) is 4.79 Å². The molecule has 1 amide bonds. The van der Waals surface area contributed by atoms with Gasteiger partial charge in [0.15, 0.2) is 11.5 Å². The molecule has 3 rings (SSSR count). The summed E-state index contributed by atoms with van der Waals surface area (Å²) < 4.78 is 11.3. The highest BCUT2D eigenvalue weighted by molar-refractivity contribution is 5.83. The van der Waals surface area contributed by atoms with Gasteiger partial charge in [-0.05, 0) is 79.1 Å². The first-order chi connectivity index (χ1) is 14.6. The summed E-state index contributed by atoms with van der Waals surface area (Å²) in [5, 5.41) is 4.29. The number of carbonyl (C=O) groups is 1. The van der Waals surface area contributed by atoms with Gasteiger partial charge in [-0.1, -0.05) is 19.9 Å². The van der Waals surface area contributed by atoms with Crippen LogP contribution in [-0.4, -0.2) is 25.1 Å². The summed E-state index contributed by atoms with van der Waals surface area (Å²) in [6.07, 6.45) is 6.40. The first-order valence-corrected chi connectivity index (χ1v) is 10.8. The highest BCUT2D eigenvalue weighted by Crippen LogP contribution is 2.35. The standard InChI is InChI=1S/C25H32N2O3/c1-5-17-8-10-22-20(12-17)19(15-26-22)9-11-23(27-16-28)21-14-25(30-7-3)24(29-4)13-18(21)6-2/h8,10,12-16,23,26H,5-7,9,11H2,1-4H3,(H,27,28). The second-order valence-corrected chi connectivity index (χ2v) is 7.41. The third kappa shape index (κ3) is 4.61. The Morgan fingerprint density at radius 3 is 2.57 bits per heavy atom. The first-order valence-electron chi connectivity index (χ1n) is 10.8. The van der Waals surface area contributed by atoms with Crippen molar-refractivity contribution in [3.05, 3.63) is 58.8 Å². The van der Waals surface area contributed by atoms with Crippen LogP contribution < -0.4 is 14.8 Å². The van der Waals surface area contributed by atoms with Gasteiger partial charge in [0.05, 0.1) is 19.8 Å². The monoisotopic (exact) mass is 408 g/mol. The van der Waals surface area contributed by atoms with Crippen LogP contribution in [0.4, 0.5) is 0 Å². The van der Waals surface area contributed by atoms with E-state index in [1.165, 1.54) is 16.5 Å². The van der Waals surface area contributed by atoms with Crippen LogP contribution >= 0.6 is 0 Å². The van der Waals surface area contributed by atoms with Crippen molar-refractivity contribution in [1.29, 1.82) is 0 Å². The maximum absolute atomic E-state index is 11.4. The molecular weight excluding hydrogens is 376 g/mol. The number of fused-ring (bicyclic) bond motifs is 1. The van der Waals surface area contributed by atoms with Gasteiger partial charge in [0.1, 0.15) is 0 Å². The van der Waals surface area contributed by atoms with Crippen molar-refractivity contribution in [2.24, 2.45) is 0 Å². The minimum atomic E-state index is -0.0955. The lowest BCUT2D eigenvalue weighted by Crippen LogP contribution is -2.21. The van der Waals surface area contributed by atoms with Gasteiger partial charge in [-0.2, -0.15) is 0 Å². The zero-order valence-corrected chi connectivity index (χ0v) is 18.4. The highest BCUT2D eigenvalue weighted by Gasteiger charge is 2.19. The van der Waals surface area contributed by atoms with E-state index < -0.39 is 0 Å². The SMILES string of the molecule is CCOc1cc(C(CCc2c[nH]c3ccc(CC)cc23)NC=O)c(CC)cc1OC. The molecule has 0 bridgehead atoms. The third-order valence-corrected chi connectivity index (χ3v) is 5.69. The zero-order valence-electron chi connectivity index (χ0n) is 18.4. The zero-order chi connectivity index (χ0) is 21.5. The molecule has 1 atom stereocenters. The number of benzene rings is 2. The van der Waals surface area contributed by atoms with Crippen LogP contribution in [0.1, 0.15) is 55.5 Å². The maximum Gasteiger partial charge on any atom is 0.207 e. The number of aromatic nitrogens is 1. The van der Waals surface area contributed by atoms with Crippen LogP contribution in [0.2, 0.25) is 0 Å². The summed E-state index contributed by atoms with van der Waals surface area (Å²) in [6, 6.07) is 10.5. The Labute approximate surface area is 178 Å². The normalized spacial score (nSPS) is 12.0. The summed E-state index contributed by atoms with van der Waals surface area (Å²) >= 11 is 0. The Balaban J connectivity index is 1.91. The van der Waals surface area contributed by atoms with Crippen LogP contribution in [0.5, 0.6) is 11.5 Å². The van der Waals surface area contributed by atoms with Crippen LogP contribution in [-0.2, 0) is 24.1 Å². The fourth-order valence-corrected chi connectivity index (χ4v) is 4.04. The largest absolute Gasteiger partial charge is 0.493 e. The van der Waals surface area contributed by atoms with E-state index >= 15 is 0 Å². The molecule has 0 fully saturated rings. The molecule has 5 nitrogen and oxygen atoms in total. The van der Waals surface area contributed by atoms with Gasteiger partial charge < -0.3 is 19.8 Å². The van der Waals surface area contributed by atoms with Gasteiger partial charge in [-0.25, -0.2) is 0 Å². The molecule has 2 aromatic carbocycles. The van der Waals surface area contributed by atoms with Crippen LogP contribution in [0.15, 0.2) is 36.5 Å². The number of H-pyrrole nitrogens is 1. The molecule has 160 valence electrons. The molecule has 30 heavy (non-hydrogen) atoms. The summed E-state index contributed by atoms with van der Waals surface area (Å²) in [5.41, 5.74) is 5.99. The predicted octanol–water partition coefficient (Wildman–Crippen LogP) is 5.12. The number of hydrogen-bond donors (Lipinski definition) is 2. The fourth-order valence-electron chi connectivity index (χ4n) is 4.04. The second-order valence-electron chi connectivity index (χ2n) is 7.41. The Bertz CT molecular complexity index is 993. The number of methoxy groups -OCH3 is 1.